The molecule has 4 aliphatic rings. The van der Waals surface area contributed by atoms with Crippen molar-refractivity contribution >= 4 is 22.3 Å². The summed E-state index contributed by atoms with van der Waals surface area (Å²) in [5, 5.41) is 27.4. The number of ketones is 1. The third-order valence-corrected chi connectivity index (χ3v) is 11.0. The predicted octanol–water partition coefficient (Wildman–Crippen LogP) is 4.87. The number of fused-ring (bicyclic) bond motifs is 4. The van der Waals surface area contributed by atoms with Gasteiger partial charge in [-0.2, -0.15) is 0 Å². The van der Waals surface area contributed by atoms with E-state index in [1.807, 2.05) is 0 Å². The van der Waals surface area contributed by atoms with Crippen molar-refractivity contribution in [2.45, 2.75) is 96.7 Å². The maximum absolute atomic E-state index is 13.5. The van der Waals surface area contributed by atoms with Crippen LogP contribution in [0.4, 0.5) is 5.13 Å². The SMILES string of the molecule is C=C1C(=O)C23C(O)CC4C(C)(C)c5nc(NCCCCCC)sc5CC4(C)C2CCC1C3O. The fourth-order valence-electron chi connectivity index (χ4n) is 8.45. The Kier molecular flexibility index (Phi) is 5.62. The monoisotopic (exact) mass is 472 g/mol. The van der Waals surface area contributed by atoms with E-state index in [9.17, 15) is 15.0 Å². The number of carbonyl (C=O) groups is 1. The summed E-state index contributed by atoms with van der Waals surface area (Å²) in [6.45, 7) is 14.1. The van der Waals surface area contributed by atoms with Gasteiger partial charge in [0, 0.05) is 22.8 Å². The lowest BCUT2D eigenvalue weighted by Gasteiger charge is -2.64. The molecule has 3 saturated carbocycles. The van der Waals surface area contributed by atoms with Gasteiger partial charge >= 0.3 is 0 Å². The van der Waals surface area contributed by atoms with Crippen LogP contribution in [0.1, 0.15) is 83.2 Å². The van der Waals surface area contributed by atoms with Gasteiger partial charge in [0.15, 0.2) is 10.9 Å². The van der Waals surface area contributed by atoms with Gasteiger partial charge in [0.2, 0.25) is 0 Å². The van der Waals surface area contributed by atoms with Crippen LogP contribution in [0.15, 0.2) is 12.2 Å². The van der Waals surface area contributed by atoms with Crippen molar-refractivity contribution in [2.24, 2.45) is 28.6 Å². The molecule has 1 heterocycles. The highest BCUT2D eigenvalue weighted by Crippen LogP contribution is 2.70. The fourth-order valence-corrected chi connectivity index (χ4v) is 9.78. The van der Waals surface area contributed by atoms with Crippen LogP contribution >= 0.6 is 11.3 Å². The average Bonchev–Trinajstić information content (AvgIpc) is 3.21. The lowest BCUT2D eigenvalue weighted by Crippen LogP contribution is -2.68. The topological polar surface area (TPSA) is 82.5 Å². The lowest BCUT2D eigenvalue weighted by atomic mass is 9.40. The Labute approximate surface area is 202 Å². The Morgan fingerprint density at radius 3 is 2.64 bits per heavy atom. The smallest absolute Gasteiger partial charge is 0.183 e. The summed E-state index contributed by atoms with van der Waals surface area (Å²) in [5.41, 5.74) is 0.237. The van der Waals surface area contributed by atoms with Crippen molar-refractivity contribution in [3.05, 3.63) is 22.7 Å². The zero-order chi connectivity index (χ0) is 23.8. The van der Waals surface area contributed by atoms with Crippen LogP contribution in [-0.4, -0.2) is 39.7 Å². The number of anilines is 1. The van der Waals surface area contributed by atoms with E-state index in [1.54, 1.807) is 11.3 Å². The molecule has 3 fully saturated rings. The van der Waals surface area contributed by atoms with Crippen LogP contribution in [-0.2, 0) is 16.6 Å². The molecule has 0 saturated heterocycles. The number of nitrogens with one attached hydrogen (secondary N) is 1. The minimum Gasteiger partial charge on any atom is -0.392 e. The second-order valence-electron chi connectivity index (χ2n) is 12.0. The molecule has 3 N–H and O–H groups in total. The van der Waals surface area contributed by atoms with E-state index in [2.05, 4.69) is 39.6 Å². The van der Waals surface area contributed by atoms with Gasteiger partial charge in [-0.1, -0.05) is 53.5 Å². The summed E-state index contributed by atoms with van der Waals surface area (Å²) in [6, 6.07) is 0. The number of Topliss-reactive ketones (excluding diaryl/α,β-unsaturated/α-hetero) is 1. The first-order valence-electron chi connectivity index (χ1n) is 12.9. The molecule has 2 bridgehead atoms. The summed E-state index contributed by atoms with van der Waals surface area (Å²) in [7, 11) is 0. The van der Waals surface area contributed by atoms with E-state index in [-0.39, 0.29) is 34.4 Å². The van der Waals surface area contributed by atoms with Gasteiger partial charge in [-0.05, 0) is 54.9 Å². The summed E-state index contributed by atoms with van der Waals surface area (Å²) in [6.07, 6.45) is 6.30. The number of aliphatic hydroxyl groups is 2. The van der Waals surface area contributed by atoms with E-state index < -0.39 is 17.6 Å². The molecule has 4 aliphatic carbocycles. The molecule has 1 aromatic rings. The van der Waals surface area contributed by atoms with Gasteiger partial charge in [0.1, 0.15) is 0 Å². The molecule has 0 amide bonds. The third-order valence-electron chi connectivity index (χ3n) is 9.98. The first-order chi connectivity index (χ1) is 15.6. The second kappa shape index (κ2) is 7.89. The van der Waals surface area contributed by atoms with Crippen LogP contribution in [0, 0.1) is 28.6 Å². The van der Waals surface area contributed by atoms with Crippen molar-refractivity contribution in [3.8, 4) is 0 Å². The number of carbonyl (C=O) groups excluding carboxylic acids is 1. The largest absolute Gasteiger partial charge is 0.392 e. The number of aromatic nitrogens is 1. The van der Waals surface area contributed by atoms with Crippen LogP contribution < -0.4 is 5.32 Å². The van der Waals surface area contributed by atoms with Crippen molar-refractivity contribution in [3.63, 3.8) is 0 Å². The maximum atomic E-state index is 13.5. The molecule has 1 spiro atoms. The molecule has 7 unspecified atom stereocenters. The molecule has 0 aliphatic heterocycles. The van der Waals surface area contributed by atoms with Gasteiger partial charge in [0.25, 0.3) is 0 Å². The van der Waals surface area contributed by atoms with Gasteiger partial charge in [-0.3, -0.25) is 4.79 Å². The van der Waals surface area contributed by atoms with Crippen molar-refractivity contribution in [1.29, 1.82) is 0 Å². The van der Waals surface area contributed by atoms with Gasteiger partial charge in [0.05, 0.1) is 23.3 Å². The predicted molar refractivity (Wildman–Crippen MR) is 132 cm³/mol. The summed E-state index contributed by atoms with van der Waals surface area (Å²) < 4.78 is 0. The Hall–Kier alpha value is -1.24. The van der Waals surface area contributed by atoms with Crippen LogP contribution in [0.2, 0.25) is 0 Å². The van der Waals surface area contributed by atoms with E-state index in [4.69, 9.17) is 4.98 Å². The Bertz CT molecular complexity index is 971. The summed E-state index contributed by atoms with van der Waals surface area (Å²) >= 11 is 1.77. The van der Waals surface area contributed by atoms with E-state index in [1.165, 1.54) is 24.1 Å². The molecule has 6 heteroatoms. The minimum atomic E-state index is -1.08. The van der Waals surface area contributed by atoms with E-state index in [0.717, 1.165) is 43.1 Å². The highest BCUT2D eigenvalue weighted by atomic mass is 32.1. The van der Waals surface area contributed by atoms with Crippen LogP contribution in [0.3, 0.4) is 0 Å². The lowest BCUT2D eigenvalue weighted by molar-refractivity contribution is -0.212. The van der Waals surface area contributed by atoms with Crippen LogP contribution in [0.5, 0.6) is 0 Å². The van der Waals surface area contributed by atoms with Gasteiger partial charge in [-0.15, -0.1) is 11.3 Å². The maximum Gasteiger partial charge on any atom is 0.183 e. The number of hydrogen-bond acceptors (Lipinski definition) is 6. The first kappa shape index (κ1) is 23.5. The fraction of sp³-hybridized carbons (Fsp3) is 0.778. The molecule has 5 nitrogen and oxygen atoms in total. The average molecular weight is 473 g/mol. The van der Waals surface area contributed by atoms with E-state index in [0.29, 0.717) is 12.0 Å². The Morgan fingerprint density at radius 1 is 1.15 bits per heavy atom. The number of rotatable bonds is 6. The third kappa shape index (κ3) is 3.02. The molecule has 33 heavy (non-hydrogen) atoms. The van der Waals surface area contributed by atoms with Crippen LogP contribution in [0.25, 0.3) is 0 Å². The second-order valence-corrected chi connectivity index (χ2v) is 13.0. The number of thiazole rings is 1. The first-order valence-corrected chi connectivity index (χ1v) is 13.8. The zero-order valence-electron chi connectivity index (χ0n) is 20.6. The summed E-state index contributed by atoms with van der Waals surface area (Å²) in [5.74, 6) is -0.107. The molecule has 5 rings (SSSR count). The standard InChI is InChI=1S/C27H40N2O3S/c1-6-7-8-9-12-28-24-29-21-17(33-24)14-26(5)18-11-10-16-15(2)22(31)27(18,23(16)32)20(30)13-19(26)25(21,3)4/h16,18-20,23,30,32H,2,6-14H2,1,3-5H3,(H,28,29). The summed E-state index contributed by atoms with van der Waals surface area (Å²) in [4.78, 5) is 19.9. The number of nitrogens with zero attached hydrogens (tertiary/aromatic N) is 1. The molecule has 0 aromatic carbocycles. The van der Waals surface area contributed by atoms with E-state index >= 15 is 0 Å². The Balaban J connectivity index is 1.49. The minimum absolute atomic E-state index is 0.0447. The zero-order valence-corrected chi connectivity index (χ0v) is 21.4. The molecule has 1 aromatic heterocycles. The van der Waals surface area contributed by atoms with Crippen molar-refractivity contribution in [1.82, 2.24) is 4.98 Å². The molecule has 0 radical (unpaired) electrons. The molecular formula is C27H40N2O3S. The van der Waals surface area contributed by atoms with Gasteiger partial charge < -0.3 is 15.5 Å². The van der Waals surface area contributed by atoms with Crippen molar-refractivity contribution < 1.29 is 15.0 Å². The number of unbranched alkanes of at least 4 members (excludes halogenated alkanes) is 3. The molecular weight excluding hydrogens is 432 g/mol. The van der Waals surface area contributed by atoms with Crippen molar-refractivity contribution in [2.75, 3.05) is 11.9 Å². The number of hydrogen-bond donors (Lipinski definition) is 3. The van der Waals surface area contributed by atoms with Gasteiger partial charge in [-0.25, -0.2) is 4.98 Å². The normalized spacial score (nSPS) is 40.8. The highest BCUT2D eigenvalue weighted by molar-refractivity contribution is 7.15. The number of aliphatic hydroxyl groups excluding tert-OH is 2. The quantitative estimate of drug-likeness (QED) is 0.406. The highest BCUT2D eigenvalue weighted by Gasteiger charge is 2.74. The molecule has 7 atom stereocenters. The molecule has 182 valence electrons. The Morgan fingerprint density at radius 2 is 1.91 bits per heavy atom.